The third-order valence-electron chi connectivity index (χ3n) is 2.66. The number of nitrogens with one attached hydrogen (secondary N) is 1. The fourth-order valence-electron chi connectivity index (χ4n) is 1.50. The van der Waals surface area contributed by atoms with E-state index in [9.17, 15) is 4.79 Å². The summed E-state index contributed by atoms with van der Waals surface area (Å²) in [7, 11) is 0. The van der Waals surface area contributed by atoms with E-state index in [1.807, 2.05) is 18.2 Å². The van der Waals surface area contributed by atoms with Gasteiger partial charge < -0.3 is 15.2 Å². The van der Waals surface area contributed by atoms with Crippen molar-refractivity contribution in [3.05, 3.63) is 35.9 Å². The Morgan fingerprint density at radius 2 is 1.91 bits per heavy atom. The van der Waals surface area contributed by atoms with Crippen molar-refractivity contribution in [2.75, 3.05) is 32.8 Å². The molecule has 0 unspecified atom stereocenters. The Balaban J connectivity index is 0.000000518. The number of carboxylic acid groups (broad SMARTS) is 1. The second kappa shape index (κ2) is 14.3. The summed E-state index contributed by atoms with van der Waals surface area (Å²) >= 11 is 0. The van der Waals surface area contributed by atoms with Gasteiger partial charge in [-0.2, -0.15) is 5.06 Å². The average Bonchev–Trinajstić information content (AvgIpc) is 2.51. The number of hydrogen-bond donors (Lipinski definition) is 3. The first-order valence-corrected chi connectivity index (χ1v) is 7.57. The van der Waals surface area contributed by atoms with Gasteiger partial charge in [0.05, 0.1) is 13.2 Å². The lowest BCUT2D eigenvalue weighted by Gasteiger charge is -2.10. The maximum atomic E-state index is 10.2. The number of nitrogens with zero attached hydrogens (tertiary/aromatic N) is 1. The second-order valence-corrected chi connectivity index (χ2v) is 4.78. The number of rotatable bonds is 9. The van der Waals surface area contributed by atoms with Crippen molar-refractivity contribution < 1.29 is 19.8 Å². The Kier molecular flexibility index (Phi) is 13.3. The average molecular weight is 312 g/mol. The summed E-state index contributed by atoms with van der Waals surface area (Å²) in [5.41, 5.74) is 1.32. The van der Waals surface area contributed by atoms with E-state index in [4.69, 9.17) is 15.1 Å². The van der Waals surface area contributed by atoms with E-state index in [-0.39, 0.29) is 11.6 Å². The van der Waals surface area contributed by atoms with E-state index in [1.165, 1.54) is 5.56 Å². The predicted octanol–water partition coefficient (Wildman–Crippen LogP) is 2.76. The molecule has 0 bridgehead atoms. The highest BCUT2D eigenvalue weighted by Crippen LogP contribution is 1.92. The molecule has 0 fully saturated rings. The maximum Gasteiger partial charge on any atom is 0.431 e. The fourth-order valence-corrected chi connectivity index (χ4v) is 1.50. The lowest BCUT2D eigenvalue weighted by atomic mass is 10.2. The molecule has 6 nitrogen and oxygen atoms in total. The van der Waals surface area contributed by atoms with E-state index < -0.39 is 6.09 Å². The minimum atomic E-state index is -1.32. The van der Waals surface area contributed by atoms with Crippen LogP contribution in [0, 0.1) is 6.92 Å². The zero-order chi connectivity index (χ0) is 16.6. The van der Waals surface area contributed by atoms with Crippen LogP contribution in [-0.4, -0.2) is 54.3 Å². The highest BCUT2D eigenvalue weighted by molar-refractivity contribution is 5.63. The first kappa shape index (κ1) is 20.4. The smallest absolute Gasteiger partial charge is 0.431 e. The lowest BCUT2D eigenvalue weighted by molar-refractivity contribution is -0.0640. The third-order valence-corrected chi connectivity index (χ3v) is 2.66. The largest absolute Gasteiger partial charge is 0.463 e. The minimum absolute atomic E-state index is 0.123. The lowest BCUT2D eigenvalue weighted by Crippen LogP contribution is -2.29. The molecule has 1 amide bonds. The van der Waals surface area contributed by atoms with Gasteiger partial charge in [0.1, 0.15) is 0 Å². The first-order valence-electron chi connectivity index (χ1n) is 7.57. The molecule has 126 valence electrons. The van der Waals surface area contributed by atoms with Crippen molar-refractivity contribution in [3.8, 4) is 0 Å². The highest BCUT2D eigenvalue weighted by atomic mass is 16.6. The van der Waals surface area contributed by atoms with Crippen molar-refractivity contribution in [1.29, 1.82) is 0 Å². The number of hydrogen-bond acceptors (Lipinski definition) is 4. The van der Waals surface area contributed by atoms with Gasteiger partial charge in [0.25, 0.3) is 0 Å². The molecule has 1 rings (SSSR count). The van der Waals surface area contributed by atoms with Crippen LogP contribution in [0.1, 0.15) is 25.3 Å². The second-order valence-electron chi connectivity index (χ2n) is 4.78. The zero-order valence-electron chi connectivity index (χ0n) is 13.5. The van der Waals surface area contributed by atoms with Crippen LogP contribution >= 0.6 is 0 Å². The van der Waals surface area contributed by atoms with Gasteiger partial charge in [-0.1, -0.05) is 42.8 Å². The van der Waals surface area contributed by atoms with Gasteiger partial charge in [0, 0.05) is 13.2 Å². The van der Waals surface area contributed by atoms with Crippen LogP contribution in [0.15, 0.2) is 30.3 Å². The van der Waals surface area contributed by atoms with Gasteiger partial charge in [0.15, 0.2) is 0 Å². The van der Waals surface area contributed by atoms with Crippen LogP contribution in [0.3, 0.4) is 0 Å². The monoisotopic (exact) mass is 312 g/mol. The molecular formula is C16H28N2O4. The number of aryl methyl sites for hydroxylation is 1. The standard InChI is InChI=1S/C9H20N2O4.C7H8/c1-2-7-15-8-5-10-4-3-6-11(14)9(12)13;1-7-5-3-2-4-6-7/h10,14H,2-8H2,1H3,(H,12,13);2-6H,1H3. The Morgan fingerprint density at radius 3 is 2.41 bits per heavy atom. The number of ether oxygens (including phenoxy) is 1. The van der Waals surface area contributed by atoms with Gasteiger partial charge in [-0.25, -0.2) is 4.79 Å². The fraction of sp³-hybridized carbons (Fsp3) is 0.562. The van der Waals surface area contributed by atoms with Gasteiger partial charge in [-0.3, -0.25) is 5.21 Å². The summed E-state index contributed by atoms with van der Waals surface area (Å²) in [6.07, 6.45) is 0.274. The van der Waals surface area contributed by atoms with Crippen molar-refractivity contribution in [1.82, 2.24) is 10.4 Å². The number of carbonyl (C=O) groups is 1. The van der Waals surface area contributed by atoms with E-state index in [0.29, 0.717) is 19.6 Å². The molecular weight excluding hydrogens is 284 g/mol. The molecule has 0 saturated heterocycles. The SMILES string of the molecule is CCCOCCNCCCN(O)C(=O)O.Cc1ccccc1. The Bertz CT molecular complexity index is 374. The normalized spacial score (nSPS) is 9.77. The molecule has 0 aliphatic heterocycles. The van der Waals surface area contributed by atoms with Crippen LogP contribution < -0.4 is 5.32 Å². The van der Waals surface area contributed by atoms with Crippen LogP contribution in [0.25, 0.3) is 0 Å². The topological polar surface area (TPSA) is 82.0 Å². The summed E-state index contributed by atoms with van der Waals surface area (Å²) in [5, 5.41) is 20.5. The van der Waals surface area contributed by atoms with E-state index in [0.717, 1.165) is 19.6 Å². The molecule has 1 aromatic carbocycles. The Labute approximate surface area is 132 Å². The van der Waals surface area contributed by atoms with Gasteiger partial charge in [-0.15, -0.1) is 0 Å². The third kappa shape index (κ3) is 13.4. The summed E-state index contributed by atoms with van der Waals surface area (Å²) in [6.45, 7) is 7.10. The number of benzene rings is 1. The van der Waals surface area contributed by atoms with Crippen molar-refractivity contribution in [2.24, 2.45) is 0 Å². The summed E-state index contributed by atoms with van der Waals surface area (Å²) < 4.78 is 5.23. The molecule has 6 heteroatoms. The molecule has 0 aliphatic carbocycles. The summed E-state index contributed by atoms with van der Waals surface area (Å²) in [4.78, 5) is 10.2. The maximum absolute atomic E-state index is 10.2. The van der Waals surface area contributed by atoms with Crippen LogP contribution in [0.2, 0.25) is 0 Å². The first-order chi connectivity index (χ1) is 10.6. The molecule has 0 heterocycles. The van der Waals surface area contributed by atoms with Crippen molar-refractivity contribution >= 4 is 6.09 Å². The highest BCUT2D eigenvalue weighted by Gasteiger charge is 2.05. The Morgan fingerprint density at radius 1 is 1.23 bits per heavy atom. The molecule has 0 aliphatic rings. The minimum Gasteiger partial charge on any atom is -0.463 e. The van der Waals surface area contributed by atoms with E-state index in [1.54, 1.807) is 0 Å². The quantitative estimate of drug-likeness (QED) is 0.371. The van der Waals surface area contributed by atoms with Crippen molar-refractivity contribution in [2.45, 2.75) is 26.7 Å². The van der Waals surface area contributed by atoms with Crippen LogP contribution in [-0.2, 0) is 4.74 Å². The van der Waals surface area contributed by atoms with Gasteiger partial charge >= 0.3 is 6.09 Å². The van der Waals surface area contributed by atoms with Crippen molar-refractivity contribution in [3.63, 3.8) is 0 Å². The molecule has 3 N–H and O–H groups in total. The summed E-state index contributed by atoms with van der Waals surface area (Å²) in [6, 6.07) is 10.3. The molecule has 1 aromatic rings. The van der Waals surface area contributed by atoms with Crippen LogP contribution in [0.4, 0.5) is 4.79 Å². The van der Waals surface area contributed by atoms with E-state index >= 15 is 0 Å². The van der Waals surface area contributed by atoms with Gasteiger partial charge in [-0.05, 0) is 26.3 Å². The molecule has 22 heavy (non-hydrogen) atoms. The molecule has 0 radical (unpaired) electrons. The zero-order valence-corrected chi connectivity index (χ0v) is 13.5. The van der Waals surface area contributed by atoms with Crippen LogP contribution in [0.5, 0.6) is 0 Å². The Hall–Kier alpha value is -1.63. The molecule has 0 saturated carbocycles. The number of amides is 1. The molecule has 0 atom stereocenters. The molecule has 0 spiro atoms. The van der Waals surface area contributed by atoms with Gasteiger partial charge in [0.2, 0.25) is 0 Å². The van der Waals surface area contributed by atoms with E-state index in [2.05, 4.69) is 31.3 Å². The predicted molar refractivity (Wildman–Crippen MR) is 86.3 cm³/mol. The summed E-state index contributed by atoms with van der Waals surface area (Å²) in [5.74, 6) is 0. The number of hydroxylamine groups is 2. The molecule has 0 aromatic heterocycles.